The second-order valence-corrected chi connectivity index (χ2v) is 8.17. The first kappa shape index (κ1) is 19.6. The molecule has 8 heteroatoms. The number of halogens is 1. The van der Waals surface area contributed by atoms with Crippen molar-refractivity contribution in [2.24, 2.45) is 11.8 Å². The van der Waals surface area contributed by atoms with Crippen LogP contribution >= 0.6 is 15.9 Å². The highest BCUT2D eigenvalue weighted by Gasteiger charge is 2.48. The number of hydrogen-bond donors (Lipinski definition) is 1. The highest BCUT2D eigenvalue weighted by molar-refractivity contribution is 9.10. The number of nitrogens with zero attached hydrogens (tertiary/aromatic N) is 2. The molecule has 2 atom stereocenters. The van der Waals surface area contributed by atoms with Crippen LogP contribution in [0.3, 0.4) is 0 Å². The van der Waals surface area contributed by atoms with Gasteiger partial charge in [0.25, 0.3) is 0 Å². The van der Waals surface area contributed by atoms with Gasteiger partial charge in [-0.25, -0.2) is 4.98 Å². The van der Waals surface area contributed by atoms with E-state index in [2.05, 4.69) is 26.2 Å². The van der Waals surface area contributed by atoms with E-state index in [4.69, 9.17) is 4.74 Å². The zero-order valence-electron chi connectivity index (χ0n) is 15.6. The standard InChI is InChI=1S/C21H20BrN3O4/c22-13-4-3-5-15(10-13)29-19-9-8-14(11-23-19)24-18(26)12-25-20(27)16-6-1-2-7-17(16)21(25)28/h3-5,8-11,16-17H,1-2,6-7,12H2,(H,24,26). The molecule has 1 aromatic heterocycles. The van der Waals surface area contributed by atoms with Crippen LogP contribution < -0.4 is 10.1 Å². The summed E-state index contributed by atoms with van der Waals surface area (Å²) in [6, 6.07) is 10.7. The summed E-state index contributed by atoms with van der Waals surface area (Å²) in [4.78, 5) is 42.6. The lowest BCUT2D eigenvalue weighted by atomic mass is 9.81. The Labute approximate surface area is 176 Å². The number of fused-ring (bicyclic) bond motifs is 1. The van der Waals surface area contributed by atoms with Crippen LogP contribution in [0.2, 0.25) is 0 Å². The molecule has 0 bridgehead atoms. The van der Waals surface area contributed by atoms with Gasteiger partial charge in [-0.2, -0.15) is 0 Å². The third kappa shape index (κ3) is 4.32. The topological polar surface area (TPSA) is 88.6 Å². The molecule has 150 valence electrons. The third-order valence-electron chi connectivity index (χ3n) is 5.27. The molecule has 3 amide bonds. The van der Waals surface area contributed by atoms with E-state index in [0.717, 1.165) is 35.1 Å². The quantitative estimate of drug-likeness (QED) is 0.690. The summed E-state index contributed by atoms with van der Waals surface area (Å²) in [6.07, 6.45) is 4.85. The number of anilines is 1. The molecule has 1 saturated carbocycles. The number of pyridine rings is 1. The zero-order chi connectivity index (χ0) is 20.4. The van der Waals surface area contributed by atoms with Crippen LogP contribution in [0.4, 0.5) is 5.69 Å². The van der Waals surface area contributed by atoms with E-state index >= 15 is 0 Å². The summed E-state index contributed by atoms with van der Waals surface area (Å²) >= 11 is 3.38. The molecule has 29 heavy (non-hydrogen) atoms. The van der Waals surface area contributed by atoms with Crippen LogP contribution in [0, 0.1) is 11.8 Å². The minimum Gasteiger partial charge on any atom is -0.439 e. The van der Waals surface area contributed by atoms with Gasteiger partial charge in [-0.1, -0.05) is 34.8 Å². The van der Waals surface area contributed by atoms with Crippen LogP contribution in [0.15, 0.2) is 47.1 Å². The van der Waals surface area contributed by atoms with Crippen molar-refractivity contribution < 1.29 is 19.1 Å². The Morgan fingerprint density at radius 3 is 2.48 bits per heavy atom. The predicted molar refractivity (Wildman–Crippen MR) is 109 cm³/mol. The minimum atomic E-state index is -0.423. The van der Waals surface area contributed by atoms with Gasteiger partial charge in [0.15, 0.2) is 0 Å². The molecule has 2 unspecified atom stereocenters. The normalized spacial score (nSPS) is 21.1. The number of carbonyl (C=O) groups is 3. The second kappa shape index (κ2) is 8.32. The van der Waals surface area contributed by atoms with Crippen LogP contribution in [0.1, 0.15) is 25.7 Å². The molecule has 1 aliphatic heterocycles. The molecule has 2 heterocycles. The van der Waals surface area contributed by atoms with Crippen molar-refractivity contribution in [1.82, 2.24) is 9.88 Å². The van der Waals surface area contributed by atoms with Crippen molar-refractivity contribution in [3.63, 3.8) is 0 Å². The number of rotatable bonds is 5. The van der Waals surface area contributed by atoms with Crippen molar-refractivity contribution in [1.29, 1.82) is 0 Å². The molecule has 1 aromatic carbocycles. The van der Waals surface area contributed by atoms with Gasteiger partial charge >= 0.3 is 0 Å². The van der Waals surface area contributed by atoms with Gasteiger partial charge in [0.1, 0.15) is 12.3 Å². The summed E-state index contributed by atoms with van der Waals surface area (Å²) in [5, 5.41) is 2.68. The summed E-state index contributed by atoms with van der Waals surface area (Å²) in [7, 11) is 0. The lowest BCUT2D eigenvalue weighted by Gasteiger charge is -2.19. The van der Waals surface area contributed by atoms with E-state index in [9.17, 15) is 14.4 Å². The van der Waals surface area contributed by atoms with Crippen LogP contribution in [-0.2, 0) is 14.4 Å². The first-order valence-corrected chi connectivity index (χ1v) is 10.3. The number of ether oxygens (including phenoxy) is 1. The van der Waals surface area contributed by atoms with Gasteiger partial charge in [-0.15, -0.1) is 0 Å². The Kier molecular flexibility index (Phi) is 5.62. The maximum atomic E-state index is 12.5. The van der Waals surface area contributed by atoms with Crippen molar-refractivity contribution in [2.75, 3.05) is 11.9 Å². The maximum absolute atomic E-state index is 12.5. The molecule has 7 nitrogen and oxygen atoms in total. The lowest BCUT2D eigenvalue weighted by Crippen LogP contribution is -2.38. The summed E-state index contributed by atoms with van der Waals surface area (Å²) in [6.45, 7) is -0.263. The number of hydrogen-bond acceptors (Lipinski definition) is 5. The minimum absolute atomic E-state index is 0.217. The lowest BCUT2D eigenvalue weighted by molar-refractivity contribution is -0.142. The number of imide groups is 1. The third-order valence-corrected chi connectivity index (χ3v) is 5.77. The van der Waals surface area contributed by atoms with Crippen molar-refractivity contribution in [3.8, 4) is 11.6 Å². The summed E-state index contributed by atoms with van der Waals surface area (Å²) in [5.74, 6) is -0.337. The van der Waals surface area contributed by atoms with Gasteiger partial charge in [-0.05, 0) is 37.1 Å². The fourth-order valence-electron chi connectivity index (χ4n) is 3.90. The van der Waals surface area contributed by atoms with Gasteiger partial charge in [-0.3, -0.25) is 19.3 Å². The molecule has 2 fully saturated rings. The molecule has 0 spiro atoms. The Morgan fingerprint density at radius 1 is 1.14 bits per heavy atom. The van der Waals surface area contributed by atoms with E-state index in [1.165, 1.54) is 6.20 Å². The first-order chi connectivity index (χ1) is 14.0. The van der Waals surface area contributed by atoms with Crippen molar-refractivity contribution in [2.45, 2.75) is 25.7 Å². The van der Waals surface area contributed by atoms with Gasteiger partial charge in [0.2, 0.25) is 23.6 Å². The number of benzene rings is 1. The molecule has 2 aliphatic rings. The van der Waals surface area contributed by atoms with Crippen molar-refractivity contribution in [3.05, 3.63) is 47.1 Å². The van der Waals surface area contributed by atoms with Crippen LogP contribution in [-0.4, -0.2) is 34.2 Å². The van der Waals surface area contributed by atoms with E-state index in [1.54, 1.807) is 12.1 Å². The Morgan fingerprint density at radius 2 is 1.86 bits per heavy atom. The molecule has 0 radical (unpaired) electrons. The smallest absolute Gasteiger partial charge is 0.244 e. The van der Waals surface area contributed by atoms with E-state index in [1.807, 2.05) is 24.3 Å². The number of nitrogens with one attached hydrogen (secondary N) is 1. The van der Waals surface area contributed by atoms with Gasteiger partial charge < -0.3 is 10.1 Å². The highest BCUT2D eigenvalue weighted by Crippen LogP contribution is 2.37. The number of amides is 3. The SMILES string of the molecule is O=C(CN1C(=O)C2CCCCC2C1=O)Nc1ccc(Oc2cccc(Br)c2)nc1. The summed E-state index contributed by atoms with van der Waals surface area (Å²) < 4.78 is 6.55. The molecule has 1 saturated heterocycles. The number of carbonyl (C=O) groups excluding carboxylic acids is 3. The van der Waals surface area contributed by atoms with Gasteiger partial charge in [0, 0.05) is 10.5 Å². The highest BCUT2D eigenvalue weighted by atomic mass is 79.9. The fourth-order valence-corrected chi connectivity index (χ4v) is 4.28. The van der Waals surface area contributed by atoms with Gasteiger partial charge in [0.05, 0.1) is 23.7 Å². The summed E-state index contributed by atoms with van der Waals surface area (Å²) in [5.41, 5.74) is 0.466. The maximum Gasteiger partial charge on any atom is 0.244 e. The molecular formula is C21H20BrN3O4. The van der Waals surface area contributed by atoms with E-state index < -0.39 is 5.91 Å². The number of aromatic nitrogens is 1. The van der Waals surface area contributed by atoms with E-state index in [-0.39, 0.29) is 30.2 Å². The van der Waals surface area contributed by atoms with Crippen LogP contribution in [0.25, 0.3) is 0 Å². The predicted octanol–water partition coefficient (Wildman–Crippen LogP) is 3.75. The Balaban J connectivity index is 1.35. The van der Waals surface area contributed by atoms with Crippen LogP contribution in [0.5, 0.6) is 11.6 Å². The largest absolute Gasteiger partial charge is 0.439 e. The zero-order valence-corrected chi connectivity index (χ0v) is 17.2. The average Bonchev–Trinajstić information content (AvgIpc) is 2.95. The molecule has 2 aromatic rings. The monoisotopic (exact) mass is 457 g/mol. The fraction of sp³-hybridized carbons (Fsp3) is 0.333. The molecular weight excluding hydrogens is 438 g/mol. The molecule has 1 N–H and O–H groups in total. The average molecular weight is 458 g/mol. The second-order valence-electron chi connectivity index (χ2n) is 7.25. The van der Waals surface area contributed by atoms with E-state index in [0.29, 0.717) is 17.3 Å². The Hall–Kier alpha value is -2.74. The number of likely N-dealkylation sites (tertiary alicyclic amines) is 1. The molecule has 4 rings (SSSR count). The first-order valence-electron chi connectivity index (χ1n) is 9.56. The Bertz CT molecular complexity index is 923. The van der Waals surface area contributed by atoms with Crippen molar-refractivity contribution >= 4 is 39.3 Å². The molecule has 1 aliphatic carbocycles.